The van der Waals surface area contributed by atoms with E-state index in [2.05, 4.69) is 39.4 Å². The average molecular weight is 374 g/mol. The predicted molar refractivity (Wildman–Crippen MR) is 84.0 cm³/mol. The van der Waals surface area contributed by atoms with Crippen molar-refractivity contribution in [3.8, 4) is 5.75 Å². The predicted octanol–water partition coefficient (Wildman–Crippen LogP) is 1.73. The summed E-state index contributed by atoms with van der Waals surface area (Å²) in [6.07, 6.45) is 0. The maximum absolute atomic E-state index is 12.2. The Labute approximate surface area is 127 Å². The van der Waals surface area contributed by atoms with E-state index in [0.717, 1.165) is 41.1 Å². The number of carbonyl (C=O) groups is 1. The van der Waals surface area contributed by atoms with Gasteiger partial charge in [-0.25, -0.2) is 0 Å². The lowest BCUT2D eigenvalue weighted by molar-refractivity contribution is 0.0876. The molecule has 0 saturated carbocycles. The van der Waals surface area contributed by atoms with Crippen LogP contribution in [0.1, 0.15) is 10.4 Å². The van der Waals surface area contributed by atoms with Gasteiger partial charge in [-0.3, -0.25) is 9.69 Å². The number of likely N-dealkylation sites (N-methyl/N-ethyl adjacent to an activating group) is 1. The van der Waals surface area contributed by atoms with Crippen LogP contribution in [0.4, 0.5) is 0 Å². The fourth-order valence-electron chi connectivity index (χ4n) is 2.14. The molecule has 1 aliphatic rings. The fourth-order valence-corrected chi connectivity index (χ4v) is 2.88. The van der Waals surface area contributed by atoms with Crippen LogP contribution in [-0.2, 0) is 0 Å². The van der Waals surface area contributed by atoms with Crippen LogP contribution in [0.25, 0.3) is 0 Å². The molecule has 5 heteroatoms. The molecule has 0 atom stereocenters. The van der Waals surface area contributed by atoms with Crippen LogP contribution in [-0.4, -0.2) is 62.5 Å². The molecule has 0 aliphatic carbocycles. The van der Waals surface area contributed by atoms with Crippen molar-refractivity contribution in [3.05, 3.63) is 27.3 Å². The summed E-state index contributed by atoms with van der Waals surface area (Å²) < 4.78 is 6.18. The van der Waals surface area contributed by atoms with Gasteiger partial charge in [0.2, 0.25) is 0 Å². The first-order valence-corrected chi connectivity index (χ1v) is 7.45. The Bertz CT molecular complexity index is 457. The Morgan fingerprint density at radius 3 is 2.58 bits per heavy atom. The van der Waals surface area contributed by atoms with Gasteiger partial charge in [-0.05, 0) is 47.8 Å². The molecule has 0 amide bonds. The van der Waals surface area contributed by atoms with Crippen molar-refractivity contribution in [2.24, 2.45) is 0 Å². The summed E-state index contributed by atoms with van der Waals surface area (Å²) in [5.74, 6) is 1.00. The summed E-state index contributed by atoms with van der Waals surface area (Å²) in [4.78, 5) is 16.8. The molecule has 0 aromatic heterocycles. The van der Waals surface area contributed by atoms with Crippen molar-refractivity contribution in [1.29, 1.82) is 0 Å². The Hall–Kier alpha value is -0.660. The average Bonchev–Trinajstić information content (AvgIpc) is 2.41. The van der Waals surface area contributed by atoms with Crippen molar-refractivity contribution in [2.45, 2.75) is 0 Å². The zero-order valence-corrected chi connectivity index (χ0v) is 13.5. The highest BCUT2D eigenvalue weighted by atomic mass is 127. The molecule has 0 bridgehead atoms. The molecule has 1 aliphatic heterocycles. The number of methoxy groups -OCH3 is 1. The number of hydrogen-bond acceptors (Lipinski definition) is 4. The minimum atomic E-state index is 0.185. The Morgan fingerprint density at radius 1 is 1.32 bits per heavy atom. The molecule has 0 spiro atoms. The lowest BCUT2D eigenvalue weighted by atomic mass is 10.1. The van der Waals surface area contributed by atoms with Crippen LogP contribution in [0.5, 0.6) is 5.75 Å². The van der Waals surface area contributed by atoms with Crippen molar-refractivity contribution >= 4 is 28.4 Å². The van der Waals surface area contributed by atoms with E-state index in [1.54, 1.807) is 7.11 Å². The highest BCUT2D eigenvalue weighted by molar-refractivity contribution is 14.1. The van der Waals surface area contributed by atoms with Gasteiger partial charge in [0.05, 0.1) is 17.2 Å². The molecule has 1 saturated heterocycles. The third-order valence-corrected chi connectivity index (χ3v) is 4.28. The molecule has 4 nitrogen and oxygen atoms in total. The summed E-state index contributed by atoms with van der Waals surface area (Å²) in [6, 6.07) is 5.61. The summed E-state index contributed by atoms with van der Waals surface area (Å²) in [7, 11) is 3.76. The smallest absolute Gasteiger partial charge is 0.176 e. The number of carbonyl (C=O) groups excluding carboxylic acids is 1. The molecule has 0 N–H and O–H groups in total. The van der Waals surface area contributed by atoms with E-state index in [4.69, 9.17) is 4.74 Å². The summed E-state index contributed by atoms with van der Waals surface area (Å²) in [5.41, 5.74) is 0.768. The van der Waals surface area contributed by atoms with Crippen LogP contribution in [0.15, 0.2) is 18.2 Å². The van der Waals surface area contributed by atoms with E-state index in [1.807, 2.05) is 18.2 Å². The van der Waals surface area contributed by atoms with Gasteiger partial charge in [-0.2, -0.15) is 0 Å². The van der Waals surface area contributed by atoms with E-state index in [0.29, 0.717) is 6.54 Å². The van der Waals surface area contributed by atoms with Crippen molar-refractivity contribution < 1.29 is 9.53 Å². The van der Waals surface area contributed by atoms with Gasteiger partial charge >= 0.3 is 0 Å². The molecule has 19 heavy (non-hydrogen) atoms. The second kappa shape index (κ2) is 6.67. The number of rotatable bonds is 4. The second-order valence-electron chi connectivity index (χ2n) is 4.85. The molecular weight excluding hydrogens is 355 g/mol. The van der Waals surface area contributed by atoms with Crippen molar-refractivity contribution in [2.75, 3.05) is 46.9 Å². The van der Waals surface area contributed by atoms with Gasteiger partial charge in [0, 0.05) is 31.7 Å². The third-order valence-electron chi connectivity index (χ3n) is 3.44. The zero-order chi connectivity index (χ0) is 13.8. The molecule has 1 aromatic carbocycles. The molecule has 1 heterocycles. The summed E-state index contributed by atoms with van der Waals surface area (Å²) in [6.45, 7) is 4.52. The monoisotopic (exact) mass is 374 g/mol. The zero-order valence-electron chi connectivity index (χ0n) is 11.4. The van der Waals surface area contributed by atoms with E-state index in [-0.39, 0.29) is 5.78 Å². The van der Waals surface area contributed by atoms with Gasteiger partial charge in [-0.1, -0.05) is 0 Å². The molecule has 2 rings (SSSR count). The van der Waals surface area contributed by atoms with Gasteiger partial charge in [0.1, 0.15) is 5.75 Å². The quantitative estimate of drug-likeness (QED) is 0.594. The maximum atomic E-state index is 12.2. The molecule has 1 aromatic rings. The van der Waals surface area contributed by atoms with Gasteiger partial charge in [0.25, 0.3) is 0 Å². The molecule has 104 valence electrons. The number of hydrogen-bond donors (Lipinski definition) is 0. The van der Waals surface area contributed by atoms with E-state index < -0.39 is 0 Å². The van der Waals surface area contributed by atoms with Crippen LogP contribution in [0, 0.1) is 3.57 Å². The number of ether oxygens (including phenoxy) is 1. The number of piperazine rings is 1. The number of benzene rings is 1. The fraction of sp³-hybridized carbons (Fsp3) is 0.500. The summed E-state index contributed by atoms with van der Waals surface area (Å²) in [5, 5.41) is 0. The first kappa shape index (κ1) is 14.7. The molecule has 1 fully saturated rings. The van der Waals surface area contributed by atoms with Crippen molar-refractivity contribution in [3.63, 3.8) is 0 Å². The highest BCUT2D eigenvalue weighted by Gasteiger charge is 2.17. The van der Waals surface area contributed by atoms with E-state index >= 15 is 0 Å². The van der Waals surface area contributed by atoms with Crippen molar-refractivity contribution in [1.82, 2.24) is 9.80 Å². The SMILES string of the molecule is COc1ccc(C(=O)CN2CCN(C)CC2)cc1I. The lowest BCUT2D eigenvalue weighted by Gasteiger charge is -2.31. The van der Waals surface area contributed by atoms with Crippen LogP contribution >= 0.6 is 22.6 Å². The van der Waals surface area contributed by atoms with Gasteiger partial charge in [-0.15, -0.1) is 0 Å². The third kappa shape index (κ3) is 3.90. The number of ketones is 1. The Morgan fingerprint density at radius 2 is 2.00 bits per heavy atom. The van der Waals surface area contributed by atoms with Crippen LogP contribution in [0.3, 0.4) is 0 Å². The standard InChI is InChI=1S/C14H19IN2O2/c1-16-5-7-17(8-6-16)10-13(18)11-3-4-14(19-2)12(15)9-11/h3-4,9H,5-8,10H2,1-2H3. The lowest BCUT2D eigenvalue weighted by Crippen LogP contribution is -2.46. The van der Waals surface area contributed by atoms with Gasteiger partial charge < -0.3 is 9.64 Å². The largest absolute Gasteiger partial charge is 0.496 e. The first-order chi connectivity index (χ1) is 9.10. The molecular formula is C14H19IN2O2. The second-order valence-corrected chi connectivity index (χ2v) is 6.01. The minimum absolute atomic E-state index is 0.185. The van der Waals surface area contributed by atoms with E-state index in [1.165, 1.54) is 0 Å². The highest BCUT2D eigenvalue weighted by Crippen LogP contribution is 2.22. The Kier molecular flexibility index (Phi) is 5.18. The van der Waals surface area contributed by atoms with E-state index in [9.17, 15) is 4.79 Å². The summed E-state index contributed by atoms with van der Waals surface area (Å²) >= 11 is 2.20. The number of nitrogens with zero attached hydrogens (tertiary/aromatic N) is 2. The molecule has 0 radical (unpaired) electrons. The Balaban J connectivity index is 1.98. The first-order valence-electron chi connectivity index (χ1n) is 6.38. The van der Waals surface area contributed by atoms with Crippen LogP contribution < -0.4 is 4.74 Å². The normalized spacial score (nSPS) is 17.4. The number of halogens is 1. The van der Waals surface area contributed by atoms with Crippen LogP contribution in [0.2, 0.25) is 0 Å². The number of Topliss-reactive ketones (excluding diaryl/α,β-unsaturated/α-hetero) is 1. The minimum Gasteiger partial charge on any atom is -0.496 e. The van der Waals surface area contributed by atoms with Gasteiger partial charge in [0.15, 0.2) is 5.78 Å². The maximum Gasteiger partial charge on any atom is 0.176 e. The topological polar surface area (TPSA) is 32.8 Å². The molecule has 0 unspecified atom stereocenters.